The number of aryl methyl sites for hydroxylation is 2. The van der Waals surface area contributed by atoms with E-state index in [-0.39, 0.29) is 6.42 Å². The van der Waals surface area contributed by atoms with Crippen LogP contribution in [-0.4, -0.2) is 16.1 Å². The lowest BCUT2D eigenvalue weighted by molar-refractivity contribution is -0.136. The number of nitrogens with one attached hydrogen (secondary N) is 1. The molecule has 0 radical (unpaired) electrons. The van der Waals surface area contributed by atoms with Crippen molar-refractivity contribution in [3.8, 4) is 11.3 Å². The summed E-state index contributed by atoms with van der Waals surface area (Å²) in [6.45, 7) is 4.04. The molecule has 0 amide bonds. The second-order valence-corrected chi connectivity index (χ2v) is 6.37. The van der Waals surface area contributed by atoms with Gasteiger partial charge in [-0.1, -0.05) is 47.5 Å². The predicted molar refractivity (Wildman–Crippen MR) is 94.6 cm³/mol. The van der Waals surface area contributed by atoms with Gasteiger partial charge in [0.2, 0.25) is 0 Å². The summed E-state index contributed by atoms with van der Waals surface area (Å²) in [5.74, 6) is -0.886. The van der Waals surface area contributed by atoms with Gasteiger partial charge in [0.1, 0.15) is 0 Å². The lowest BCUT2D eigenvalue weighted by Gasteiger charge is -2.06. The van der Waals surface area contributed by atoms with Gasteiger partial charge in [0.15, 0.2) is 0 Å². The van der Waals surface area contributed by atoms with Crippen LogP contribution in [0.3, 0.4) is 0 Å². The molecule has 0 fully saturated rings. The minimum absolute atomic E-state index is 0.0827. The highest BCUT2D eigenvalue weighted by atomic mass is 35.5. The molecular formula is C18H15Cl2NO2. The van der Waals surface area contributed by atoms with Crippen molar-refractivity contribution in [3.63, 3.8) is 0 Å². The third-order valence-electron chi connectivity index (χ3n) is 4.16. The fourth-order valence-corrected chi connectivity index (χ4v) is 3.22. The van der Waals surface area contributed by atoms with E-state index in [4.69, 9.17) is 23.2 Å². The number of fused-ring (bicyclic) bond motifs is 1. The Balaban J connectivity index is 2.37. The first-order valence-corrected chi connectivity index (χ1v) is 7.92. The SMILES string of the molecule is Cc1ccc2c(CC(=O)O)c(-c3cccc(Cl)c3Cl)[nH]c2c1C. The lowest BCUT2D eigenvalue weighted by atomic mass is 10.00. The van der Waals surface area contributed by atoms with E-state index in [1.165, 1.54) is 0 Å². The number of rotatable bonds is 3. The zero-order chi connectivity index (χ0) is 16.7. The van der Waals surface area contributed by atoms with E-state index in [0.29, 0.717) is 21.3 Å². The normalized spacial score (nSPS) is 11.1. The van der Waals surface area contributed by atoms with Crippen molar-refractivity contribution in [3.05, 3.63) is 57.1 Å². The summed E-state index contributed by atoms with van der Waals surface area (Å²) in [5.41, 5.74) is 5.32. The van der Waals surface area contributed by atoms with Crippen LogP contribution in [0, 0.1) is 13.8 Å². The van der Waals surface area contributed by atoms with Gasteiger partial charge >= 0.3 is 5.97 Å². The molecule has 2 N–H and O–H groups in total. The molecule has 0 bridgehead atoms. The zero-order valence-electron chi connectivity index (χ0n) is 12.7. The van der Waals surface area contributed by atoms with Crippen molar-refractivity contribution < 1.29 is 9.90 Å². The third-order valence-corrected chi connectivity index (χ3v) is 4.98. The molecule has 0 unspecified atom stereocenters. The number of carboxylic acids is 1. The Morgan fingerprint density at radius 3 is 2.61 bits per heavy atom. The van der Waals surface area contributed by atoms with Crippen molar-refractivity contribution in [2.45, 2.75) is 20.3 Å². The molecule has 0 saturated heterocycles. The summed E-state index contributed by atoms with van der Waals surface area (Å²) >= 11 is 12.5. The van der Waals surface area contributed by atoms with E-state index in [2.05, 4.69) is 4.98 Å². The molecule has 0 aliphatic rings. The number of benzene rings is 2. The van der Waals surface area contributed by atoms with E-state index in [1.807, 2.05) is 32.0 Å². The van der Waals surface area contributed by atoms with Gasteiger partial charge in [-0.25, -0.2) is 0 Å². The molecule has 3 rings (SSSR count). The average molecular weight is 348 g/mol. The van der Waals surface area contributed by atoms with E-state index >= 15 is 0 Å². The average Bonchev–Trinajstić information content (AvgIpc) is 2.84. The number of aromatic nitrogens is 1. The van der Waals surface area contributed by atoms with Gasteiger partial charge < -0.3 is 10.1 Å². The van der Waals surface area contributed by atoms with Crippen molar-refractivity contribution in [1.82, 2.24) is 4.98 Å². The molecular weight excluding hydrogens is 333 g/mol. The van der Waals surface area contributed by atoms with Crippen molar-refractivity contribution >= 4 is 40.1 Å². The van der Waals surface area contributed by atoms with Crippen molar-refractivity contribution in [2.24, 2.45) is 0 Å². The highest BCUT2D eigenvalue weighted by Crippen LogP contribution is 2.38. The van der Waals surface area contributed by atoms with Crippen LogP contribution in [0.25, 0.3) is 22.2 Å². The summed E-state index contributed by atoms with van der Waals surface area (Å²) in [6.07, 6.45) is -0.0827. The van der Waals surface area contributed by atoms with Gasteiger partial charge in [-0.15, -0.1) is 0 Å². The molecule has 0 aliphatic carbocycles. The van der Waals surface area contributed by atoms with E-state index in [9.17, 15) is 9.90 Å². The number of hydrogen-bond donors (Lipinski definition) is 2. The van der Waals surface area contributed by atoms with E-state index in [1.54, 1.807) is 12.1 Å². The molecule has 5 heteroatoms. The Morgan fingerprint density at radius 1 is 1.17 bits per heavy atom. The van der Waals surface area contributed by atoms with Crippen molar-refractivity contribution in [1.29, 1.82) is 0 Å². The first-order chi connectivity index (χ1) is 10.9. The van der Waals surface area contributed by atoms with Gasteiger partial charge in [-0.2, -0.15) is 0 Å². The summed E-state index contributed by atoms with van der Waals surface area (Å²) in [5, 5.41) is 11.1. The summed E-state index contributed by atoms with van der Waals surface area (Å²) < 4.78 is 0. The Kier molecular flexibility index (Phi) is 4.09. The predicted octanol–water partition coefficient (Wildman–Crippen LogP) is 5.39. The zero-order valence-corrected chi connectivity index (χ0v) is 14.2. The molecule has 1 aromatic heterocycles. The second-order valence-electron chi connectivity index (χ2n) is 5.58. The maximum absolute atomic E-state index is 11.3. The van der Waals surface area contributed by atoms with Crippen LogP contribution in [0.15, 0.2) is 30.3 Å². The first kappa shape index (κ1) is 15.9. The van der Waals surface area contributed by atoms with Gasteiger partial charge in [-0.05, 0) is 36.6 Å². The van der Waals surface area contributed by atoms with Gasteiger partial charge in [0.25, 0.3) is 0 Å². The summed E-state index contributed by atoms with van der Waals surface area (Å²) in [4.78, 5) is 14.7. The molecule has 2 aromatic carbocycles. The molecule has 0 spiro atoms. The Morgan fingerprint density at radius 2 is 1.91 bits per heavy atom. The molecule has 0 atom stereocenters. The fraction of sp³-hybridized carbons (Fsp3) is 0.167. The second kappa shape index (κ2) is 5.91. The third kappa shape index (κ3) is 2.71. The van der Waals surface area contributed by atoms with Crippen LogP contribution < -0.4 is 0 Å². The maximum atomic E-state index is 11.3. The summed E-state index contributed by atoms with van der Waals surface area (Å²) in [6, 6.07) is 9.31. The minimum Gasteiger partial charge on any atom is -0.481 e. The summed E-state index contributed by atoms with van der Waals surface area (Å²) in [7, 11) is 0. The van der Waals surface area contributed by atoms with Crippen LogP contribution in [0.2, 0.25) is 10.0 Å². The van der Waals surface area contributed by atoms with Crippen LogP contribution in [0.5, 0.6) is 0 Å². The Labute approximate surface area is 143 Å². The number of H-pyrrole nitrogens is 1. The number of carbonyl (C=O) groups is 1. The molecule has 118 valence electrons. The van der Waals surface area contributed by atoms with E-state index in [0.717, 1.165) is 27.6 Å². The van der Waals surface area contributed by atoms with Crippen LogP contribution in [0.4, 0.5) is 0 Å². The molecule has 1 heterocycles. The highest BCUT2D eigenvalue weighted by molar-refractivity contribution is 6.43. The minimum atomic E-state index is -0.886. The topological polar surface area (TPSA) is 53.1 Å². The largest absolute Gasteiger partial charge is 0.481 e. The molecule has 0 saturated carbocycles. The molecule has 3 aromatic rings. The number of aliphatic carboxylic acids is 1. The molecule has 0 aliphatic heterocycles. The first-order valence-electron chi connectivity index (χ1n) is 7.17. The molecule has 3 nitrogen and oxygen atoms in total. The Hall–Kier alpha value is -1.97. The number of aromatic amines is 1. The fourth-order valence-electron chi connectivity index (χ4n) is 2.83. The Bertz CT molecular complexity index is 928. The quantitative estimate of drug-likeness (QED) is 0.667. The monoisotopic (exact) mass is 347 g/mol. The standard InChI is InChI=1S/C18H15Cl2NO2/c1-9-6-7-11-13(8-15(22)23)18(21-17(11)10(9)2)12-4-3-5-14(19)16(12)20/h3-7,21H,8H2,1-2H3,(H,22,23). The lowest BCUT2D eigenvalue weighted by Crippen LogP contribution is -2.01. The maximum Gasteiger partial charge on any atom is 0.307 e. The van der Waals surface area contributed by atoms with Gasteiger partial charge in [-0.3, -0.25) is 4.79 Å². The number of carboxylic acid groups (broad SMARTS) is 1. The van der Waals surface area contributed by atoms with Gasteiger partial charge in [0.05, 0.1) is 22.2 Å². The highest BCUT2D eigenvalue weighted by Gasteiger charge is 2.19. The van der Waals surface area contributed by atoms with Crippen molar-refractivity contribution in [2.75, 3.05) is 0 Å². The van der Waals surface area contributed by atoms with Crippen LogP contribution in [0.1, 0.15) is 16.7 Å². The number of hydrogen-bond acceptors (Lipinski definition) is 1. The van der Waals surface area contributed by atoms with Crippen LogP contribution >= 0.6 is 23.2 Å². The van der Waals surface area contributed by atoms with Gasteiger partial charge in [0, 0.05) is 16.5 Å². The number of halogens is 2. The molecule has 23 heavy (non-hydrogen) atoms. The smallest absolute Gasteiger partial charge is 0.307 e. The van der Waals surface area contributed by atoms with E-state index < -0.39 is 5.97 Å². The van der Waals surface area contributed by atoms with Crippen LogP contribution in [-0.2, 0) is 11.2 Å².